The van der Waals surface area contributed by atoms with Crippen LogP contribution in [0.3, 0.4) is 0 Å². The van der Waals surface area contributed by atoms with Crippen LogP contribution in [-0.2, 0) is 41.6 Å². The highest BCUT2D eigenvalue weighted by Crippen LogP contribution is 2.21. The van der Waals surface area contributed by atoms with Crippen molar-refractivity contribution >= 4 is 0 Å². The quantitative estimate of drug-likeness (QED) is 0.131. The van der Waals surface area contributed by atoms with E-state index in [2.05, 4.69) is 10.3 Å². The molecule has 1 aromatic rings. The van der Waals surface area contributed by atoms with Crippen LogP contribution in [0.4, 0.5) is 0 Å². The van der Waals surface area contributed by atoms with Crippen LogP contribution in [0.1, 0.15) is 5.69 Å². The molecule has 14 heteroatoms. The molecule has 5 atom stereocenters. The number of nitrogens with zero attached hydrogens (tertiary/aromatic N) is 3. The zero-order chi connectivity index (χ0) is 23.9. The lowest BCUT2D eigenvalue weighted by Crippen LogP contribution is -2.59. The molecule has 2 heterocycles. The minimum atomic E-state index is -1.47. The van der Waals surface area contributed by atoms with Crippen molar-refractivity contribution in [3.05, 3.63) is 11.9 Å². The van der Waals surface area contributed by atoms with Gasteiger partial charge in [-0.05, 0) is 0 Å². The first-order chi connectivity index (χ1) is 16.1. The van der Waals surface area contributed by atoms with E-state index in [1.165, 1.54) is 0 Å². The number of aliphatic hydroxyl groups excluding tert-OH is 4. The summed E-state index contributed by atoms with van der Waals surface area (Å²) in [7, 11) is 0. The summed E-state index contributed by atoms with van der Waals surface area (Å²) in [6.45, 7) is 3.75. The summed E-state index contributed by atoms with van der Waals surface area (Å²) in [5.74, 6) is 0. The molecule has 1 aromatic heterocycles. The maximum atomic E-state index is 9.86. The number of nitrogens with two attached hydrogens (primary N) is 1. The molecule has 0 aromatic carbocycles. The lowest BCUT2D eigenvalue weighted by atomic mass is 9.99. The van der Waals surface area contributed by atoms with Gasteiger partial charge in [-0.3, -0.25) is 0 Å². The molecule has 0 bridgehead atoms. The number of aliphatic hydroxyl groups is 4. The fourth-order valence-corrected chi connectivity index (χ4v) is 2.90. The Kier molecular flexibility index (Phi) is 13.8. The molecule has 192 valence electrons. The number of ether oxygens (including phenoxy) is 6. The van der Waals surface area contributed by atoms with E-state index in [4.69, 9.17) is 39.3 Å². The summed E-state index contributed by atoms with van der Waals surface area (Å²) in [4.78, 5) is 0. The molecular weight excluding hydrogens is 444 g/mol. The average Bonchev–Trinajstić information content (AvgIpc) is 3.27. The number of rotatable bonds is 18. The normalized spacial score (nSPS) is 25.5. The van der Waals surface area contributed by atoms with Gasteiger partial charge in [0.2, 0.25) is 0 Å². The highest BCUT2D eigenvalue weighted by Gasteiger charge is 2.43. The van der Waals surface area contributed by atoms with Gasteiger partial charge in [-0.25, -0.2) is 4.68 Å². The first-order valence-electron chi connectivity index (χ1n) is 10.9. The van der Waals surface area contributed by atoms with Crippen molar-refractivity contribution in [1.29, 1.82) is 0 Å². The van der Waals surface area contributed by atoms with E-state index in [1.807, 2.05) is 0 Å². The van der Waals surface area contributed by atoms with E-state index >= 15 is 0 Å². The van der Waals surface area contributed by atoms with Crippen molar-refractivity contribution in [3.63, 3.8) is 0 Å². The number of hydrogen-bond donors (Lipinski definition) is 5. The largest absolute Gasteiger partial charge is 0.394 e. The molecule has 2 unspecified atom stereocenters. The predicted octanol–water partition coefficient (Wildman–Crippen LogP) is -3.38. The highest BCUT2D eigenvalue weighted by atomic mass is 16.7. The second-order valence-electron chi connectivity index (χ2n) is 7.22. The molecule has 1 aliphatic rings. The molecule has 1 fully saturated rings. The zero-order valence-corrected chi connectivity index (χ0v) is 18.6. The van der Waals surface area contributed by atoms with Gasteiger partial charge in [0.25, 0.3) is 0 Å². The third-order valence-corrected chi connectivity index (χ3v) is 4.67. The van der Waals surface area contributed by atoms with Gasteiger partial charge in [0.15, 0.2) is 6.29 Å². The van der Waals surface area contributed by atoms with Crippen molar-refractivity contribution in [2.45, 2.75) is 43.9 Å². The van der Waals surface area contributed by atoms with E-state index in [0.717, 1.165) is 5.69 Å². The monoisotopic (exact) mass is 480 g/mol. The molecule has 0 spiro atoms. The Hall–Kier alpha value is -1.30. The second kappa shape index (κ2) is 16.3. The van der Waals surface area contributed by atoms with Crippen LogP contribution >= 0.6 is 0 Å². The summed E-state index contributed by atoms with van der Waals surface area (Å²) in [6.07, 6.45) is -4.67. The Morgan fingerprint density at radius 2 is 1.55 bits per heavy atom. The first-order valence-corrected chi connectivity index (χ1v) is 10.9. The van der Waals surface area contributed by atoms with Crippen molar-refractivity contribution in [3.8, 4) is 0 Å². The standard InChI is InChI=1S/C19H36N4O10/c20-1-3-28-4-2-23-11-14(21-22-23)13-31-8-7-29-5-6-30-9-10-32-19-18(27)17(26)16(25)15(12-24)33-19/h11,15-19,24-27H,1-10,12-13,20H2/t15?,16-,17+,18?,19+/m1/s1. The van der Waals surface area contributed by atoms with E-state index in [9.17, 15) is 15.3 Å². The fraction of sp³-hybridized carbons (Fsp3) is 0.895. The maximum Gasteiger partial charge on any atom is 0.186 e. The second-order valence-corrected chi connectivity index (χ2v) is 7.22. The van der Waals surface area contributed by atoms with Crippen LogP contribution in [-0.4, -0.2) is 132 Å². The molecule has 1 saturated heterocycles. The van der Waals surface area contributed by atoms with Crippen LogP contribution in [0, 0.1) is 0 Å². The Labute approximate surface area is 192 Å². The van der Waals surface area contributed by atoms with Gasteiger partial charge in [-0.1, -0.05) is 5.21 Å². The third-order valence-electron chi connectivity index (χ3n) is 4.67. The molecule has 33 heavy (non-hydrogen) atoms. The minimum absolute atomic E-state index is 0.0889. The Morgan fingerprint density at radius 3 is 2.24 bits per heavy atom. The van der Waals surface area contributed by atoms with Crippen molar-refractivity contribution in [1.82, 2.24) is 15.0 Å². The van der Waals surface area contributed by atoms with Gasteiger partial charge in [-0.15, -0.1) is 5.10 Å². The fourth-order valence-electron chi connectivity index (χ4n) is 2.90. The van der Waals surface area contributed by atoms with Gasteiger partial charge in [0.05, 0.1) is 78.8 Å². The lowest BCUT2D eigenvalue weighted by Gasteiger charge is -2.39. The molecule has 0 radical (unpaired) electrons. The molecule has 2 rings (SSSR count). The zero-order valence-electron chi connectivity index (χ0n) is 18.6. The summed E-state index contributed by atoms with van der Waals surface area (Å²) < 4.78 is 33.8. The topological polar surface area (TPSA) is 193 Å². The summed E-state index contributed by atoms with van der Waals surface area (Å²) in [5, 5.41) is 46.4. The van der Waals surface area contributed by atoms with Crippen LogP contribution in [0.5, 0.6) is 0 Å². The van der Waals surface area contributed by atoms with E-state index in [1.54, 1.807) is 10.9 Å². The van der Waals surface area contributed by atoms with Crippen LogP contribution in [0.25, 0.3) is 0 Å². The van der Waals surface area contributed by atoms with Gasteiger partial charge in [0.1, 0.15) is 30.1 Å². The van der Waals surface area contributed by atoms with Crippen molar-refractivity contribution in [2.24, 2.45) is 5.73 Å². The van der Waals surface area contributed by atoms with Crippen molar-refractivity contribution < 1.29 is 48.8 Å². The molecular formula is C19H36N4O10. The minimum Gasteiger partial charge on any atom is -0.394 e. The van der Waals surface area contributed by atoms with Crippen LogP contribution in [0.2, 0.25) is 0 Å². The van der Waals surface area contributed by atoms with Gasteiger partial charge >= 0.3 is 0 Å². The maximum absolute atomic E-state index is 9.86. The van der Waals surface area contributed by atoms with Crippen molar-refractivity contribution in [2.75, 3.05) is 66.0 Å². The Balaban J connectivity index is 1.41. The highest BCUT2D eigenvalue weighted by molar-refractivity contribution is 4.89. The molecule has 0 saturated carbocycles. The van der Waals surface area contributed by atoms with E-state index in [-0.39, 0.29) is 13.2 Å². The third kappa shape index (κ3) is 10.2. The van der Waals surface area contributed by atoms with Crippen LogP contribution in [0.15, 0.2) is 6.20 Å². The van der Waals surface area contributed by atoms with Gasteiger partial charge < -0.3 is 54.6 Å². The molecule has 0 amide bonds. The van der Waals surface area contributed by atoms with Gasteiger partial charge in [0, 0.05) is 6.54 Å². The van der Waals surface area contributed by atoms with Gasteiger partial charge in [-0.2, -0.15) is 0 Å². The first kappa shape index (κ1) is 27.9. The number of aromatic nitrogens is 3. The predicted molar refractivity (Wildman–Crippen MR) is 111 cm³/mol. The summed E-state index contributed by atoms with van der Waals surface area (Å²) >= 11 is 0. The Bertz CT molecular complexity index is 623. The van der Waals surface area contributed by atoms with E-state index in [0.29, 0.717) is 59.3 Å². The Morgan fingerprint density at radius 1 is 0.879 bits per heavy atom. The molecule has 0 aliphatic carbocycles. The smallest absolute Gasteiger partial charge is 0.186 e. The van der Waals surface area contributed by atoms with Crippen LogP contribution < -0.4 is 5.73 Å². The lowest BCUT2D eigenvalue weighted by molar-refractivity contribution is -0.302. The SMILES string of the molecule is NCCOCCn1cc(COCCOCCOCCO[C@H]2OC(CO)[C@@H](O)[C@H](O)C2O)nn1. The average molecular weight is 481 g/mol. The summed E-state index contributed by atoms with van der Waals surface area (Å²) in [6, 6.07) is 0. The molecule has 1 aliphatic heterocycles. The molecule has 6 N–H and O–H groups in total. The molecule has 14 nitrogen and oxygen atoms in total. The number of hydrogen-bond acceptors (Lipinski definition) is 13. The van der Waals surface area contributed by atoms with E-state index < -0.39 is 37.3 Å². The summed E-state index contributed by atoms with van der Waals surface area (Å²) in [5.41, 5.74) is 6.07.